The number of esters is 1. The first-order valence-corrected chi connectivity index (χ1v) is 9.39. The summed E-state index contributed by atoms with van der Waals surface area (Å²) in [6.07, 6.45) is -0.950. The van der Waals surface area contributed by atoms with E-state index >= 15 is 0 Å². The Balaban J connectivity index is 1.80. The van der Waals surface area contributed by atoms with Crippen molar-refractivity contribution in [1.82, 2.24) is 5.32 Å². The lowest BCUT2D eigenvalue weighted by molar-refractivity contribution is -0.153. The number of nitrogens with zero attached hydrogens (tertiary/aromatic N) is 1. The number of hydrogen-bond acceptors (Lipinski definition) is 4. The minimum atomic E-state index is -0.917. The Labute approximate surface area is 169 Å². The first-order valence-electron chi connectivity index (χ1n) is 9.02. The van der Waals surface area contributed by atoms with Crippen LogP contribution in [0.2, 0.25) is 5.02 Å². The van der Waals surface area contributed by atoms with Crippen LogP contribution in [0, 0.1) is 0 Å². The summed E-state index contributed by atoms with van der Waals surface area (Å²) in [5.74, 6) is -1.16. The van der Waals surface area contributed by atoms with Gasteiger partial charge in [0.1, 0.15) is 0 Å². The van der Waals surface area contributed by atoms with Crippen molar-refractivity contribution in [2.75, 3.05) is 18.0 Å². The SMILES string of the molecule is CCN(C(=O)[C@@H](C)OC(=O)CCNC(=O)c1ccc(Cl)cc1)c1ccccc1. The number of benzene rings is 2. The molecule has 1 atom stereocenters. The second kappa shape index (κ2) is 10.5. The van der Waals surface area contributed by atoms with E-state index < -0.39 is 12.1 Å². The molecule has 1 N–H and O–H groups in total. The number of amides is 2. The molecule has 0 aromatic heterocycles. The normalized spacial score (nSPS) is 11.4. The van der Waals surface area contributed by atoms with Gasteiger partial charge in [0.05, 0.1) is 6.42 Å². The Bertz CT molecular complexity index is 809. The van der Waals surface area contributed by atoms with Gasteiger partial charge in [0.25, 0.3) is 11.8 Å². The fourth-order valence-corrected chi connectivity index (χ4v) is 2.71. The maximum atomic E-state index is 12.6. The van der Waals surface area contributed by atoms with Crippen LogP contribution in [0.4, 0.5) is 5.69 Å². The molecule has 0 aliphatic carbocycles. The highest BCUT2D eigenvalue weighted by Crippen LogP contribution is 2.15. The number of rotatable bonds is 8. The molecule has 0 saturated carbocycles. The van der Waals surface area contributed by atoms with Crippen molar-refractivity contribution in [2.45, 2.75) is 26.4 Å². The van der Waals surface area contributed by atoms with E-state index in [0.29, 0.717) is 17.1 Å². The molecule has 0 bridgehead atoms. The number of carbonyl (C=O) groups excluding carboxylic acids is 3. The van der Waals surface area contributed by atoms with Crippen molar-refractivity contribution in [3.63, 3.8) is 0 Å². The molecule has 0 radical (unpaired) electrons. The smallest absolute Gasteiger partial charge is 0.308 e. The zero-order valence-electron chi connectivity index (χ0n) is 15.9. The zero-order valence-corrected chi connectivity index (χ0v) is 16.6. The van der Waals surface area contributed by atoms with Crippen LogP contribution in [0.25, 0.3) is 0 Å². The molecule has 0 heterocycles. The van der Waals surface area contributed by atoms with Crippen LogP contribution in [0.3, 0.4) is 0 Å². The van der Waals surface area contributed by atoms with Crippen molar-refractivity contribution in [2.24, 2.45) is 0 Å². The van der Waals surface area contributed by atoms with Gasteiger partial charge in [-0.2, -0.15) is 0 Å². The van der Waals surface area contributed by atoms with Crippen LogP contribution < -0.4 is 10.2 Å². The minimum Gasteiger partial charge on any atom is -0.452 e. The molecule has 2 aromatic rings. The molecular formula is C21H23ClN2O4. The number of para-hydroxylation sites is 1. The van der Waals surface area contributed by atoms with Gasteiger partial charge in [-0.1, -0.05) is 29.8 Å². The number of hydrogen-bond donors (Lipinski definition) is 1. The van der Waals surface area contributed by atoms with Crippen molar-refractivity contribution in [3.8, 4) is 0 Å². The van der Waals surface area contributed by atoms with Gasteiger partial charge in [0.15, 0.2) is 6.10 Å². The molecule has 2 rings (SSSR count). The Hall–Kier alpha value is -2.86. The molecule has 7 heteroatoms. The van der Waals surface area contributed by atoms with Crippen LogP contribution >= 0.6 is 11.6 Å². The highest BCUT2D eigenvalue weighted by molar-refractivity contribution is 6.30. The maximum Gasteiger partial charge on any atom is 0.308 e. The number of ether oxygens (including phenoxy) is 1. The fraction of sp³-hybridized carbons (Fsp3) is 0.286. The highest BCUT2D eigenvalue weighted by atomic mass is 35.5. The van der Waals surface area contributed by atoms with E-state index in [1.807, 2.05) is 37.3 Å². The molecule has 6 nitrogen and oxygen atoms in total. The molecule has 0 spiro atoms. The summed E-state index contributed by atoms with van der Waals surface area (Å²) < 4.78 is 5.22. The average Bonchev–Trinajstić information content (AvgIpc) is 2.69. The third kappa shape index (κ3) is 6.09. The molecule has 28 heavy (non-hydrogen) atoms. The van der Waals surface area contributed by atoms with Crippen molar-refractivity contribution < 1.29 is 19.1 Å². The lowest BCUT2D eigenvalue weighted by Gasteiger charge is -2.24. The monoisotopic (exact) mass is 402 g/mol. The van der Waals surface area contributed by atoms with E-state index in [0.717, 1.165) is 5.69 Å². The summed E-state index contributed by atoms with van der Waals surface area (Å²) in [5, 5.41) is 3.17. The second-order valence-corrected chi connectivity index (χ2v) is 6.50. The van der Waals surface area contributed by atoms with Gasteiger partial charge >= 0.3 is 5.97 Å². The van der Waals surface area contributed by atoms with Gasteiger partial charge in [-0.3, -0.25) is 14.4 Å². The predicted octanol–water partition coefficient (Wildman–Crippen LogP) is 3.44. The Morgan fingerprint density at radius 3 is 2.32 bits per heavy atom. The van der Waals surface area contributed by atoms with E-state index in [4.69, 9.17) is 16.3 Å². The van der Waals surface area contributed by atoms with Gasteiger partial charge in [-0.15, -0.1) is 0 Å². The topological polar surface area (TPSA) is 75.7 Å². The van der Waals surface area contributed by atoms with E-state index in [2.05, 4.69) is 5.32 Å². The second-order valence-electron chi connectivity index (χ2n) is 6.06. The lowest BCUT2D eigenvalue weighted by Crippen LogP contribution is -2.40. The number of likely N-dealkylation sites (N-methyl/N-ethyl adjacent to an activating group) is 1. The summed E-state index contributed by atoms with van der Waals surface area (Å²) in [5.41, 5.74) is 1.19. The summed E-state index contributed by atoms with van der Waals surface area (Å²) in [4.78, 5) is 38.1. The quantitative estimate of drug-likeness (QED) is 0.686. The summed E-state index contributed by atoms with van der Waals surface area (Å²) in [6.45, 7) is 3.96. The molecular weight excluding hydrogens is 380 g/mol. The van der Waals surface area contributed by atoms with Crippen molar-refractivity contribution >= 4 is 35.1 Å². The van der Waals surface area contributed by atoms with Crippen LogP contribution in [-0.4, -0.2) is 37.0 Å². The molecule has 0 fully saturated rings. The Morgan fingerprint density at radius 2 is 1.71 bits per heavy atom. The standard InChI is InChI=1S/C21H23ClN2O4/c1-3-24(18-7-5-4-6-8-18)21(27)15(2)28-19(25)13-14-23-20(26)16-9-11-17(22)12-10-16/h4-12,15H,3,13-14H2,1-2H3,(H,23,26)/t15-/m1/s1. The van der Waals surface area contributed by atoms with Crippen LogP contribution in [0.5, 0.6) is 0 Å². The van der Waals surface area contributed by atoms with Gasteiger partial charge in [-0.05, 0) is 50.2 Å². The first kappa shape index (κ1) is 21.4. The van der Waals surface area contributed by atoms with Crippen LogP contribution in [0.15, 0.2) is 54.6 Å². The zero-order chi connectivity index (χ0) is 20.5. The number of nitrogens with one attached hydrogen (secondary N) is 1. The lowest BCUT2D eigenvalue weighted by atomic mass is 10.2. The average molecular weight is 403 g/mol. The third-order valence-corrected chi connectivity index (χ3v) is 4.28. The van der Waals surface area contributed by atoms with Gasteiger partial charge in [0, 0.05) is 29.4 Å². The van der Waals surface area contributed by atoms with Gasteiger partial charge in [-0.25, -0.2) is 0 Å². The molecule has 0 aliphatic heterocycles. The van der Waals surface area contributed by atoms with Crippen LogP contribution in [-0.2, 0) is 14.3 Å². The predicted molar refractivity (Wildman–Crippen MR) is 108 cm³/mol. The maximum absolute atomic E-state index is 12.6. The molecule has 0 unspecified atom stereocenters. The summed E-state index contributed by atoms with van der Waals surface area (Å²) in [6, 6.07) is 15.6. The Morgan fingerprint density at radius 1 is 1.07 bits per heavy atom. The van der Waals surface area contributed by atoms with E-state index in [1.165, 1.54) is 6.92 Å². The van der Waals surface area contributed by atoms with E-state index in [9.17, 15) is 14.4 Å². The minimum absolute atomic E-state index is 0.0333. The van der Waals surface area contributed by atoms with E-state index in [1.54, 1.807) is 29.2 Å². The van der Waals surface area contributed by atoms with Gasteiger partial charge < -0.3 is 15.0 Å². The number of halogens is 1. The van der Waals surface area contributed by atoms with Crippen LogP contribution in [0.1, 0.15) is 30.6 Å². The van der Waals surface area contributed by atoms with Crippen molar-refractivity contribution in [1.29, 1.82) is 0 Å². The summed E-state index contributed by atoms with van der Waals surface area (Å²) in [7, 11) is 0. The largest absolute Gasteiger partial charge is 0.452 e. The Kier molecular flexibility index (Phi) is 8.02. The first-order chi connectivity index (χ1) is 13.4. The van der Waals surface area contributed by atoms with Crippen molar-refractivity contribution in [3.05, 3.63) is 65.2 Å². The molecule has 148 valence electrons. The molecule has 0 aliphatic rings. The molecule has 2 aromatic carbocycles. The van der Waals surface area contributed by atoms with E-state index in [-0.39, 0.29) is 24.8 Å². The van der Waals surface area contributed by atoms with Gasteiger partial charge in [0.2, 0.25) is 0 Å². The summed E-state index contributed by atoms with van der Waals surface area (Å²) >= 11 is 5.78. The number of carbonyl (C=O) groups is 3. The molecule has 2 amide bonds. The third-order valence-electron chi connectivity index (χ3n) is 4.03. The fourth-order valence-electron chi connectivity index (χ4n) is 2.58. The number of anilines is 1. The molecule has 0 saturated heterocycles. The highest BCUT2D eigenvalue weighted by Gasteiger charge is 2.23.